The molecule has 0 unspecified atom stereocenters. The van der Waals surface area contributed by atoms with Gasteiger partial charge in [-0.15, -0.1) is 0 Å². The summed E-state index contributed by atoms with van der Waals surface area (Å²) in [5.41, 5.74) is 2.35. The molecule has 2 aromatic rings. The highest BCUT2D eigenvalue weighted by molar-refractivity contribution is 5.46. The van der Waals surface area contributed by atoms with Crippen molar-refractivity contribution in [1.29, 1.82) is 0 Å². The van der Waals surface area contributed by atoms with Crippen LogP contribution in [0.5, 0.6) is 0 Å². The molecule has 0 amide bonds. The minimum atomic E-state index is 0.0894. The first-order valence-electron chi connectivity index (χ1n) is 8.96. The first-order valence-corrected chi connectivity index (χ1v) is 8.96. The van der Waals surface area contributed by atoms with Gasteiger partial charge in [0, 0.05) is 44.0 Å². The molecule has 6 nitrogen and oxygen atoms in total. The lowest BCUT2D eigenvalue weighted by molar-refractivity contribution is 0.211. The highest BCUT2D eigenvalue weighted by Crippen LogP contribution is 2.18. The second kappa shape index (κ2) is 8.78. The summed E-state index contributed by atoms with van der Waals surface area (Å²) in [7, 11) is 0. The van der Waals surface area contributed by atoms with E-state index in [0.717, 1.165) is 43.9 Å². The molecule has 1 fully saturated rings. The molecule has 1 aromatic carbocycles. The van der Waals surface area contributed by atoms with Gasteiger partial charge < -0.3 is 15.7 Å². The van der Waals surface area contributed by atoms with E-state index in [2.05, 4.69) is 55.8 Å². The number of aryl methyl sites for hydroxylation is 1. The number of rotatable bonds is 7. The molecule has 1 saturated heterocycles. The van der Waals surface area contributed by atoms with E-state index < -0.39 is 0 Å². The largest absolute Gasteiger partial charge is 0.395 e. The fourth-order valence-electron chi connectivity index (χ4n) is 3.12. The maximum absolute atomic E-state index is 8.95. The number of aliphatic hydroxyl groups excluding tert-OH is 1. The number of likely N-dealkylation sites (tertiary alicyclic amines) is 1. The highest BCUT2D eigenvalue weighted by Gasteiger charge is 2.20. The standard InChI is InChI=1S/C19H27N5O/c1-15-13-21-19(23-18(15)20-9-12-25)22-17-7-10-24(11-8-17)14-16-5-3-2-4-6-16/h2-6,13,17,25H,7-12,14H2,1H3,(H2,20,21,22,23). The van der Waals surface area contributed by atoms with Gasteiger partial charge in [-0.1, -0.05) is 30.3 Å². The molecule has 0 aliphatic carbocycles. The molecule has 2 heterocycles. The average Bonchev–Trinajstić information content (AvgIpc) is 2.64. The molecule has 25 heavy (non-hydrogen) atoms. The number of anilines is 2. The van der Waals surface area contributed by atoms with E-state index in [4.69, 9.17) is 5.11 Å². The maximum atomic E-state index is 8.95. The molecule has 0 saturated carbocycles. The van der Waals surface area contributed by atoms with Gasteiger partial charge in [0.25, 0.3) is 0 Å². The summed E-state index contributed by atoms with van der Waals surface area (Å²) in [5, 5.41) is 15.5. The average molecular weight is 341 g/mol. The van der Waals surface area contributed by atoms with Crippen LogP contribution in [0, 0.1) is 6.92 Å². The highest BCUT2D eigenvalue weighted by atomic mass is 16.3. The zero-order chi connectivity index (χ0) is 17.5. The van der Waals surface area contributed by atoms with Gasteiger partial charge in [0.15, 0.2) is 0 Å². The summed E-state index contributed by atoms with van der Waals surface area (Å²) in [6.45, 7) is 5.72. The second-order valence-electron chi connectivity index (χ2n) is 6.56. The van der Waals surface area contributed by atoms with E-state index in [-0.39, 0.29) is 6.61 Å². The number of hydrogen-bond acceptors (Lipinski definition) is 6. The number of piperidine rings is 1. The molecule has 1 aromatic heterocycles. The van der Waals surface area contributed by atoms with Crippen LogP contribution in [0.25, 0.3) is 0 Å². The Balaban J connectivity index is 1.50. The molecule has 3 N–H and O–H groups in total. The molecular formula is C19H27N5O. The first kappa shape index (κ1) is 17.6. The predicted molar refractivity (Wildman–Crippen MR) is 101 cm³/mol. The predicted octanol–water partition coefficient (Wildman–Crippen LogP) is 2.27. The van der Waals surface area contributed by atoms with E-state index in [1.54, 1.807) is 0 Å². The van der Waals surface area contributed by atoms with Gasteiger partial charge in [0.05, 0.1) is 6.61 Å². The van der Waals surface area contributed by atoms with Crippen LogP contribution >= 0.6 is 0 Å². The van der Waals surface area contributed by atoms with E-state index in [9.17, 15) is 0 Å². The van der Waals surface area contributed by atoms with Gasteiger partial charge in [-0.25, -0.2) is 4.98 Å². The van der Waals surface area contributed by atoms with Crippen molar-refractivity contribution in [2.24, 2.45) is 0 Å². The van der Waals surface area contributed by atoms with Crippen molar-refractivity contribution in [3.63, 3.8) is 0 Å². The molecule has 0 radical (unpaired) electrons. The summed E-state index contributed by atoms with van der Waals surface area (Å²) in [4.78, 5) is 11.4. The number of hydrogen-bond donors (Lipinski definition) is 3. The number of aliphatic hydroxyl groups is 1. The van der Waals surface area contributed by atoms with Gasteiger partial charge in [0.1, 0.15) is 5.82 Å². The van der Waals surface area contributed by atoms with E-state index in [1.165, 1.54) is 5.56 Å². The molecule has 1 aliphatic rings. The van der Waals surface area contributed by atoms with Gasteiger partial charge in [-0.05, 0) is 25.3 Å². The molecular weight excluding hydrogens is 314 g/mol. The van der Waals surface area contributed by atoms with E-state index in [0.29, 0.717) is 18.5 Å². The number of nitrogens with zero attached hydrogens (tertiary/aromatic N) is 3. The Hall–Kier alpha value is -2.18. The lowest BCUT2D eigenvalue weighted by Crippen LogP contribution is -2.39. The Morgan fingerprint density at radius 1 is 1.20 bits per heavy atom. The van der Waals surface area contributed by atoms with Crippen molar-refractivity contribution in [2.75, 3.05) is 36.9 Å². The summed E-state index contributed by atoms with van der Waals surface area (Å²) in [6.07, 6.45) is 3.99. The summed E-state index contributed by atoms with van der Waals surface area (Å²) in [6, 6.07) is 11.0. The second-order valence-corrected chi connectivity index (χ2v) is 6.56. The third kappa shape index (κ3) is 5.14. The van der Waals surface area contributed by atoms with Crippen molar-refractivity contribution in [3.05, 3.63) is 47.7 Å². The smallest absolute Gasteiger partial charge is 0.224 e. The van der Waals surface area contributed by atoms with Crippen LogP contribution in [0.15, 0.2) is 36.5 Å². The lowest BCUT2D eigenvalue weighted by atomic mass is 10.0. The number of nitrogens with one attached hydrogen (secondary N) is 2. The number of benzene rings is 1. The maximum Gasteiger partial charge on any atom is 0.224 e. The molecule has 0 spiro atoms. The first-order chi connectivity index (χ1) is 12.2. The molecule has 3 rings (SSSR count). The van der Waals surface area contributed by atoms with E-state index >= 15 is 0 Å². The molecule has 0 bridgehead atoms. The molecule has 1 aliphatic heterocycles. The summed E-state index contributed by atoms with van der Waals surface area (Å²) >= 11 is 0. The molecule has 134 valence electrons. The van der Waals surface area contributed by atoms with Crippen LogP contribution in [0.1, 0.15) is 24.0 Å². The van der Waals surface area contributed by atoms with Crippen molar-refractivity contribution in [1.82, 2.24) is 14.9 Å². The van der Waals surface area contributed by atoms with Crippen LogP contribution in [-0.2, 0) is 6.54 Å². The van der Waals surface area contributed by atoms with Gasteiger partial charge in [-0.3, -0.25) is 4.90 Å². The monoisotopic (exact) mass is 341 g/mol. The third-order valence-electron chi connectivity index (χ3n) is 4.55. The minimum absolute atomic E-state index is 0.0894. The van der Waals surface area contributed by atoms with E-state index in [1.807, 2.05) is 13.1 Å². The fourth-order valence-corrected chi connectivity index (χ4v) is 3.12. The Morgan fingerprint density at radius 2 is 1.96 bits per heavy atom. The van der Waals surface area contributed by atoms with Crippen LogP contribution in [0.4, 0.5) is 11.8 Å². The van der Waals surface area contributed by atoms with Gasteiger partial charge in [-0.2, -0.15) is 4.98 Å². The Kier molecular flexibility index (Phi) is 6.19. The van der Waals surface area contributed by atoms with Crippen LogP contribution in [-0.4, -0.2) is 52.3 Å². The normalized spacial score (nSPS) is 15.9. The fraction of sp³-hybridized carbons (Fsp3) is 0.474. The summed E-state index contributed by atoms with van der Waals surface area (Å²) in [5.74, 6) is 1.45. The SMILES string of the molecule is Cc1cnc(NC2CCN(Cc3ccccc3)CC2)nc1NCCO. The molecule has 0 atom stereocenters. The third-order valence-corrected chi connectivity index (χ3v) is 4.55. The minimum Gasteiger partial charge on any atom is -0.395 e. The lowest BCUT2D eigenvalue weighted by Gasteiger charge is -2.32. The van der Waals surface area contributed by atoms with Crippen LogP contribution in [0.2, 0.25) is 0 Å². The Labute approximate surface area is 149 Å². The zero-order valence-electron chi connectivity index (χ0n) is 14.8. The summed E-state index contributed by atoms with van der Waals surface area (Å²) < 4.78 is 0. The van der Waals surface area contributed by atoms with Crippen LogP contribution in [0.3, 0.4) is 0 Å². The van der Waals surface area contributed by atoms with Crippen LogP contribution < -0.4 is 10.6 Å². The Bertz CT molecular complexity index is 656. The topological polar surface area (TPSA) is 73.3 Å². The van der Waals surface area contributed by atoms with Crippen molar-refractivity contribution in [2.45, 2.75) is 32.4 Å². The quantitative estimate of drug-likeness (QED) is 0.717. The van der Waals surface area contributed by atoms with Gasteiger partial charge >= 0.3 is 0 Å². The van der Waals surface area contributed by atoms with Crippen molar-refractivity contribution in [3.8, 4) is 0 Å². The Morgan fingerprint density at radius 3 is 2.68 bits per heavy atom. The molecule has 6 heteroatoms. The zero-order valence-corrected chi connectivity index (χ0v) is 14.8. The van der Waals surface area contributed by atoms with Crippen molar-refractivity contribution < 1.29 is 5.11 Å². The number of aromatic nitrogens is 2. The van der Waals surface area contributed by atoms with Gasteiger partial charge in [0.2, 0.25) is 5.95 Å². The van der Waals surface area contributed by atoms with Crippen molar-refractivity contribution >= 4 is 11.8 Å².